The van der Waals surface area contributed by atoms with Crippen LogP contribution in [0.3, 0.4) is 0 Å². The molecule has 1 aliphatic heterocycles. The first-order valence-electron chi connectivity index (χ1n) is 6.06. The number of aliphatic hydroxyl groups excluding tert-OH is 1. The van der Waals surface area contributed by atoms with Crippen LogP contribution in [0, 0.1) is 0 Å². The van der Waals surface area contributed by atoms with Gasteiger partial charge in [0.1, 0.15) is 5.75 Å². The van der Waals surface area contributed by atoms with Crippen molar-refractivity contribution in [3.8, 4) is 5.75 Å². The minimum Gasteiger partial charge on any atom is -0.493 e. The molecule has 0 bridgehead atoms. The van der Waals surface area contributed by atoms with E-state index in [0.717, 1.165) is 5.56 Å². The molecule has 3 N–H and O–H groups in total. The van der Waals surface area contributed by atoms with E-state index in [4.69, 9.17) is 14.9 Å². The zero-order valence-electron chi connectivity index (χ0n) is 10.6. The maximum atomic E-state index is 12.0. The second-order valence-corrected chi connectivity index (χ2v) is 6.18. The molecule has 0 radical (unpaired) electrons. The van der Waals surface area contributed by atoms with Crippen molar-refractivity contribution in [1.29, 1.82) is 0 Å². The van der Waals surface area contributed by atoms with Gasteiger partial charge in [0.05, 0.1) is 11.5 Å². The maximum absolute atomic E-state index is 12.0. The molecule has 0 fully saturated rings. The number of sulfonamides is 1. The molecule has 1 aromatic carbocycles. The Kier molecular flexibility index (Phi) is 4.26. The van der Waals surface area contributed by atoms with Gasteiger partial charge in [0.25, 0.3) is 0 Å². The van der Waals surface area contributed by atoms with E-state index in [1.165, 1.54) is 12.1 Å². The van der Waals surface area contributed by atoms with Gasteiger partial charge in [0.15, 0.2) is 6.10 Å². The van der Waals surface area contributed by atoms with Gasteiger partial charge in [0, 0.05) is 13.0 Å². The molecule has 0 aromatic heterocycles. The highest BCUT2D eigenvalue weighted by Gasteiger charge is 2.20. The van der Waals surface area contributed by atoms with E-state index >= 15 is 0 Å². The number of aliphatic carboxylic acids is 1. The van der Waals surface area contributed by atoms with E-state index in [1.807, 2.05) is 0 Å². The monoisotopic (exact) mass is 301 g/mol. The number of carboxylic acid groups (broad SMARTS) is 1. The summed E-state index contributed by atoms with van der Waals surface area (Å²) in [6, 6.07) is 4.57. The predicted octanol–water partition coefficient (Wildman–Crippen LogP) is -0.265. The third-order valence-corrected chi connectivity index (χ3v) is 4.42. The van der Waals surface area contributed by atoms with Crippen molar-refractivity contribution >= 4 is 16.0 Å². The average Bonchev–Trinajstić information content (AvgIpc) is 2.85. The molecule has 0 saturated heterocycles. The highest BCUT2D eigenvalue weighted by molar-refractivity contribution is 7.89. The highest BCUT2D eigenvalue weighted by Crippen LogP contribution is 2.27. The van der Waals surface area contributed by atoms with Crippen LogP contribution in [0.5, 0.6) is 5.75 Å². The van der Waals surface area contributed by atoms with Crippen molar-refractivity contribution in [3.63, 3.8) is 0 Å². The van der Waals surface area contributed by atoms with Crippen LogP contribution in [0.25, 0.3) is 0 Å². The van der Waals surface area contributed by atoms with Gasteiger partial charge in [-0.3, -0.25) is 0 Å². The topological polar surface area (TPSA) is 113 Å². The maximum Gasteiger partial charge on any atom is 0.332 e. The molecule has 20 heavy (non-hydrogen) atoms. The van der Waals surface area contributed by atoms with Crippen molar-refractivity contribution in [3.05, 3.63) is 23.8 Å². The van der Waals surface area contributed by atoms with Crippen molar-refractivity contribution < 1.29 is 28.2 Å². The Morgan fingerprint density at radius 1 is 1.45 bits per heavy atom. The van der Waals surface area contributed by atoms with E-state index in [-0.39, 0.29) is 17.9 Å². The van der Waals surface area contributed by atoms with Crippen molar-refractivity contribution in [1.82, 2.24) is 4.72 Å². The lowest BCUT2D eigenvalue weighted by atomic mass is 10.2. The Balaban J connectivity index is 2.02. The molecule has 7 nitrogen and oxygen atoms in total. The number of benzene rings is 1. The summed E-state index contributed by atoms with van der Waals surface area (Å²) in [7, 11) is -3.71. The molecule has 0 aliphatic carbocycles. The number of fused-ring (bicyclic) bond motifs is 1. The summed E-state index contributed by atoms with van der Waals surface area (Å²) in [5.41, 5.74) is 0.832. The number of hydrogen-bond acceptors (Lipinski definition) is 5. The fourth-order valence-electron chi connectivity index (χ4n) is 1.87. The van der Waals surface area contributed by atoms with Crippen LogP contribution in [0.4, 0.5) is 0 Å². The predicted molar refractivity (Wildman–Crippen MR) is 69.1 cm³/mol. The molecule has 1 atom stereocenters. The van der Waals surface area contributed by atoms with Gasteiger partial charge in [-0.05, 0) is 30.2 Å². The SMILES string of the molecule is O=C(O)[C@@H](O)CCNS(=O)(=O)c1ccc2c(c1)CCO2. The minimum atomic E-state index is -3.71. The normalized spacial score (nSPS) is 15.4. The van der Waals surface area contributed by atoms with Crippen LogP contribution < -0.4 is 9.46 Å². The summed E-state index contributed by atoms with van der Waals surface area (Å²) in [5.74, 6) is -0.691. The zero-order chi connectivity index (χ0) is 14.8. The van der Waals surface area contributed by atoms with Gasteiger partial charge in [0.2, 0.25) is 10.0 Å². The molecule has 2 rings (SSSR count). The number of carbonyl (C=O) groups is 1. The minimum absolute atomic E-state index is 0.103. The molecular weight excluding hydrogens is 286 g/mol. The lowest BCUT2D eigenvalue weighted by molar-refractivity contribution is -0.146. The number of aliphatic hydroxyl groups is 1. The molecular formula is C12H15NO6S. The molecule has 0 amide bonds. The standard InChI is InChI=1S/C12H15NO6S/c14-10(12(15)16)3-5-13-20(17,18)9-1-2-11-8(7-9)4-6-19-11/h1-2,7,10,13-14H,3-6H2,(H,15,16)/t10-/m0/s1. The summed E-state index contributed by atoms with van der Waals surface area (Å²) in [5, 5.41) is 17.6. The van der Waals surface area contributed by atoms with Gasteiger partial charge >= 0.3 is 5.97 Å². The zero-order valence-corrected chi connectivity index (χ0v) is 11.4. The van der Waals surface area contributed by atoms with Gasteiger partial charge in [-0.1, -0.05) is 0 Å². The Morgan fingerprint density at radius 2 is 2.20 bits per heavy atom. The van der Waals surface area contributed by atoms with Crippen molar-refractivity contribution in [2.24, 2.45) is 0 Å². The summed E-state index contributed by atoms with van der Waals surface area (Å²) >= 11 is 0. The van der Waals surface area contributed by atoms with Crippen LogP contribution in [-0.2, 0) is 21.2 Å². The third kappa shape index (κ3) is 3.27. The molecule has 0 saturated carbocycles. The Morgan fingerprint density at radius 3 is 2.90 bits per heavy atom. The van der Waals surface area contributed by atoms with Crippen molar-refractivity contribution in [2.75, 3.05) is 13.2 Å². The smallest absolute Gasteiger partial charge is 0.332 e. The molecule has 1 aliphatic rings. The summed E-state index contributed by atoms with van der Waals surface area (Å²) in [4.78, 5) is 10.5. The largest absolute Gasteiger partial charge is 0.493 e. The summed E-state index contributed by atoms with van der Waals surface area (Å²) in [6.07, 6.45) is -1.11. The molecule has 0 unspecified atom stereocenters. The Hall–Kier alpha value is -1.64. The fraction of sp³-hybridized carbons (Fsp3) is 0.417. The number of hydrogen-bond donors (Lipinski definition) is 3. The van der Waals surface area contributed by atoms with Gasteiger partial charge < -0.3 is 14.9 Å². The third-order valence-electron chi connectivity index (χ3n) is 2.97. The van der Waals surface area contributed by atoms with Gasteiger partial charge in [-0.15, -0.1) is 0 Å². The molecule has 0 spiro atoms. The molecule has 1 heterocycles. The first-order valence-corrected chi connectivity index (χ1v) is 7.55. The number of carboxylic acids is 1. The Labute approximate surface area is 116 Å². The van der Waals surface area contributed by atoms with Crippen LogP contribution in [0.15, 0.2) is 23.1 Å². The van der Waals surface area contributed by atoms with Crippen molar-refractivity contribution in [2.45, 2.75) is 23.8 Å². The summed E-state index contributed by atoms with van der Waals surface area (Å²) < 4.78 is 31.6. The van der Waals surface area contributed by atoms with E-state index in [9.17, 15) is 13.2 Å². The molecule has 110 valence electrons. The van der Waals surface area contributed by atoms with E-state index in [2.05, 4.69) is 4.72 Å². The van der Waals surface area contributed by atoms with Gasteiger partial charge in [-0.2, -0.15) is 0 Å². The Bertz CT molecular complexity index is 612. The average molecular weight is 301 g/mol. The molecule has 1 aromatic rings. The van der Waals surface area contributed by atoms with Gasteiger partial charge in [-0.25, -0.2) is 17.9 Å². The molecule has 8 heteroatoms. The second kappa shape index (κ2) is 5.78. The van der Waals surface area contributed by atoms with E-state index in [0.29, 0.717) is 18.8 Å². The second-order valence-electron chi connectivity index (χ2n) is 4.41. The van der Waals surface area contributed by atoms with E-state index < -0.39 is 22.1 Å². The van der Waals surface area contributed by atoms with Crippen LogP contribution >= 0.6 is 0 Å². The number of nitrogens with one attached hydrogen (secondary N) is 1. The first-order chi connectivity index (χ1) is 9.40. The van der Waals surface area contributed by atoms with Crippen LogP contribution in [0.1, 0.15) is 12.0 Å². The van der Waals surface area contributed by atoms with Crippen LogP contribution in [-0.4, -0.2) is 43.9 Å². The quantitative estimate of drug-likeness (QED) is 0.667. The van der Waals surface area contributed by atoms with E-state index in [1.54, 1.807) is 6.07 Å². The van der Waals surface area contributed by atoms with Crippen LogP contribution in [0.2, 0.25) is 0 Å². The number of rotatable bonds is 6. The lowest BCUT2D eigenvalue weighted by Crippen LogP contribution is -2.30. The first kappa shape index (κ1) is 14.8. The summed E-state index contributed by atoms with van der Waals surface area (Å²) in [6.45, 7) is 0.389. The lowest BCUT2D eigenvalue weighted by Gasteiger charge is -2.09. The number of ether oxygens (including phenoxy) is 1. The fourth-order valence-corrected chi connectivity index (χ4v) is 2.96. The highest BCUT2D eigenvalue weighted by atomic mass is 32.2.